The van der Waals surface area contributed by atoms with Gasteiger partial charge in [-0.15, -0.1) is 0 Å². The van der Waals surface area contributed by atoms with Gasteiger partial charge in [0.25, 0.3) is 11.8 Å². The minimum atomic E-state index is -2.39. The number of carbonyl (C=O) groups excluding carboxylic acids is 2. The van der Waals surface area contributed by atoms with Crippen molar-refractivity contribution in [1.29, 1.82) is 0 Å². The molecule has 22 heavy (non-hydrogen) atoms. The largest absolute Gasteiger partial charge is 0.372 e. The molecule has 0 radical (unpaired) electrons. The standard InChI is InChI=1S/C16H12N2O4/c19-13-15(21,9-5-1-3-7-11(9)17-13)16(22)10-6-2-4-8-12(10)18-14(16)20/h1-8,21-22H,(H,17,19)(H,18,20)/t15-,16-/m1/s1. The van der Waals surface area contributed by atoms with Crippen molar-refractivity contribution in [1.82, 2.24) is 0 Å². The highest BCUT2D eigenvalue weighted by Gasteiger charge is 2.67. The van der Waals surface area contributed by atoms with Gasteiger partial charge in [-0.1, -0.05) is 36.4 Å². The average Bonchev–Trinajstić information content (AvgIpc) is 2.94. The van der Waals surface area contributed by atoms with Crippen LogP contribution in [0.15, 0.2) is 48.5 Å². The molecule has 6 heteroatoms. The Morgan fingerprint density at radius 2 is 1.05 bits per heavy atom. The van der Waals surface area contributed by atoms with E-state index in [1.54, 1.807) is 36.4 Å². The number of para-hydroxylation sites is 2. The van der Waals surface area contributed by atoms with Crippen molar-refractivity contribution in [3.63, 3.8) is 0 Å². The second kappa shape index (κ2) is 3.94. The molecule has 0 saturated heterocycles. The third-order valence-corrected chi connectivity index (χ3v) is 4.31. The van der Waals surface area contributed by atoms with Crippen molar-refractivity contribution in [2.45, 2.75) is 11.2 Å². The Morgan fingerprint density at radius 1 is 0.682 bits per heavy atom. The van der Waals surface area contributed by atoms with Gasteiger partial charge in [0.05, 0.1) is 0 Å². The molecule has 2 aromatic carbocycles. The van der Waals surface area contributed by atoms with Crippen LogP contribution in [0.2, 0.25) is 0 Å². The predicted octanol–water partition coefficient (Wildman–Crippen LogP) is 0.666. The van der Waals surface area contributed by atoms with Gasteiger partial charge in [0.2, 0.25) is 11.2 Å². The van der Waals surface area contributed by atoms with E-state index in [-0.39, 0.29) is 11.1 Å². The first-order valence-corrected chi connectivity index (χ1v) is 6.76. The molecule has 0 bridgehead atoms. The minimum Gasteiger partial charge on any atom is -0.372 e. The molecule has 6 nitrogen and oxygen atoms in total. The molecule has 0 spiro atoms. The van der Waals surface area contributed by atoms with Crippen molar-refractivity contribution in [3.05, 3.63) is 59.7 Å². The Labute approximate surface area is 125 Å². The molecule has 2 heterocycles. The van der Waals surface area contributed by atoms with E-state index >= 15 is 0 Å². The molecule has 4 rings (SSSR count). The number of rotatable bonds is 1. The van der Waals surface area contributed by atoms with Crippen LogP contribution in [0.25, 0.3) is 0 Å². The van der Waals surface area contributed by atoms with Crippen molar-refractivity contribution < 1.29 is 19.8 Å². The van der Waals surface area contributed by atoms with Gasteiger partial charge in [-0.05, 0) is 12.1 Å². The summed E-state index contributed by atoms with van der Waals surface area (Å²) in [7, 11) is 0. The lowest BCUT2D eigenvalue weighted by atomic mass is 9.74. The van der Waals surface area contributed by atoms with Gasteiger partial charge < -0.3 is 20.8 Å². The maximum atomic E-state index is 12.4. The molecular formula is C16H12N2O4. The van der Waals surface area contributed by atoms with Crippen molar-refractivity contribution >= 4 is 23.2 Å². The van der Waals surface area contributed by atoms with Crippen LogP contribution in [0.4, 0.5) is 11.4 Å². The predicted molar refractivity (Wildman–Crippen MR) is 77.9 cm³/mol. The van der Waals surface area contributed by atoms with Gasteiger partial charge in [-0.25, -0.2) is 0 Å². The molecule has 2 aromatic rings. The Kier molecular flexibility index (Phi) is 2.33. The van der Waals surface area contributed by atoms with Crippen LogP contribution in [-0.2, 0) is 20.8 Å². The van der Waals surface area contributed by atoms with E-state index in [4.69, 9.17) is 0 Å². The highest BCUT2D eigenvalue weighted by molar-refractivity contribution is 6.15. The summed E-state index contributed by atoms with van der Waals surface area (Å²) in [6.45, 7) is 0. The van der Waals surface area contributed by atoms with Gasteiger partial charge in [-0.2, -0.15) is 0 Å². The first-order chi connectivity index (χ1) is 10.5. The maximum Gasteiger partial charge on any atom is 0.265 e. The SMILES string of the molecule is O=C1Nc2ccccc2[C@]1(O)[C@]1(O)C(=O)Nc2ccccc21. The molecule has 2 aliphatic rings. The number of benzene rings is 2. The molecular weight excluding hydrogens is 284 g/mol. The van der Waals surface area contributed by atoms with Crippen LogP contribution in [0.3, 0.4) is 0 Å². The summed E-state index contributed by atoms with van der Waals surface area (Å²) < 4.78 is 0. The fraction of sp³-hybridized carbons (Fsp3) is 0.125. The molecule has 110 valence electrons. The molecule has 0 aliphatic carbocycles. The minimum absolute atomic E-state index is 0.175. The Morgan fingerprint density at radius 3 is 1.45 bits per heavy atom. The quantitative estimate of drug-likeness (QED) is 0.621. The third kappa shape index (κ3) is 1.26. The highest BCUT2D eigenvalue weighted by Crippen LogP contribution is 2.52. The summed E-state index contributed by atoms with van der Waals surface area (Å²) in [5.41, 5.74) is -3.68. The second-order valence-electron chi connectivity index (χ2n) is 5.42. The monoisotopic (exact) mass is 296 g/mol. The average molecular weight is 296 g/mol. The van der Waals surface area contributed by atoms with Crippen LogP contribution in [0, 0.1) is 0 Å². The van der Waals surface area contributed by atoms with E-state index in [2.05, 4.69) is 10.6 Å². The van der Waals surface area contributed by atoms with E-state index in [0.717, 1.165) is 0 Å². The lowest BCUT2D eigenvalue weighted by Crippen LogP contribution is -2.57. The van der Waals surface area contributed by atoms with Gasteiger partial charge in [0.15, 0.2) is 0 Å². The van der Waals surface area contributed by atoms with E-state index in [1.807, 2.05) is 0 Å². The Balaban J connectivity index is 2.02. The number of anilines is 2. The van der Waals surface area contributed by atoms with Crippen LogP contribution < -0.4 is 10.6 Å². The topological polar surface area (TPSA) is 98.7 Å². The zero-order valence-corrected chi connectivity index (χ0v) is 11.3. The third-order valence-electron chi connectivity index (χ3n) is 4.31. The molecule has 0 aromatic heterocycles. The van der Waals surface area contributed by atoms with Gasteiger partial charge in [0.1, 0.15) is 0 Å². The molecule has 2 amide bonds. The summed E-state index contributed by atoms with van der Waals surface area (Å²) in [6.07, 6.45) is 0. The lowest BCUT2D eigenvalue weighted by molar-refractivity contribution is -0.181. The fourth-order valence-electron chi connectivity index (χ4n) is 3.20. The smallest absolute Gasteiger partial charge is 0.265 e. The Bertz CT molecular complexity index is 765. The molecule has 0 fully saturated rings. The first-order valence-electron chi connectivity index (χ1n) is 6.76. The summed E-state index contributed by atoms with van der Waals surface area (Å²) in [5, 5.41) is 27.2. The van der Waals surface area contributed by atoms with Crippen LogP contribution in [0.1, 0.15) is 11.1 Å². The highest BCUT2D eigenvalue weighted by atomic mass is 16.4. The van der Waals surface area contributed by atoms with Crippen molar-refractivity contribution in [2.75, 3.05) is 10.6 Å². The normalized spacial score (nSPS) is 28.8. The number of amides is 2. The van der Waals surface area contributed by atoms with Gasteiger partial charge >= 0.3 is 0 Å². The zero-order valence-electron chi connectivity index (χ0n) is 11.3. The summed E-state index contributed by atoms with van der Waals surface area (Å²) >= 11 is 0. The first kappa shape index (κ1) is 13.0. The van der Waals surface area contributed by atoms with E-state index in [9.17, 15) is 19.8 Å². The number of hydrogen-bond acceptors (Lipinski definition) is 4. The summed E-state index contributed by atoms with van der Waals surface area (Å²) in [5.74, 6) is -1.66. The summed E-state index contributed by atoms with van der Waals surface area (Å²) in [4.78, 5) is 24.8. The maximum absolute atomic E-state index is 12.4. The number of carbonyl (C=O) groups is 2. The van der Waals surface area contributed by atoms with E-state index in [1.165, 1.54) is 12.1 Å². The lowest BCUT2D eigenvalue weighted by Gasteiger charge is -2.34. The Hall–Kier alpha value is -2.70. The molecule has 2 aliphatic heterocycles. The van der Waals surface area contributed by atoms with Crippen LogP contribution >= 0.6 is 0 Å². The van der Waals surface area contributed by atoms with E-state index < -0.39 is 23.0 Å². The van der Waals surface area contributed by atoms with Gasteiger partial charge in [0, 0.05) is 22.5 Å². The van der Waals surface area contributed by atoms with Crippen molar-refractivity contribution in [3.8, 4) is 0 Å². The van der Waals surface area contributed by atoms with Gasteiger partial charge in [-0.3, -0.25) is 9.59 Å². The van der Waals surface area contributed by atoms with E-state index in [0.29, 0.717) is 11.4 Å². The van der Waals surface area contributed by atoms with Crippen molar-refractivity contribution in [2.24, 2.45) is 0 Å². The summed E-state index contributed by atoms with van der Waals surface area (Å²) in [6, 6.07) is 12.9. The number of aliphatic hydroxyl groups is 2. The van der Waals surface area contributed by atoms with Crippen LogP contribution in [-0.4, -0.2) is 22.0 Å². The molecule has 0 unspecified atom stereocenters. The van der Waals surface area contributed by atoms with Crippen LogP contribution in [0.5, 0.6) is 0 Å². The zero-order chi connectivity index (χ0) is 15.5. The molecule has 4 N–H and O–H groups in total. The number of fused-ring (bicyclic) bond motifs is 2. The number of nitrogens with one attached hydrogen (secondary N) is 2. The fourth-order valence-corrected chi connectivity index (χ4v) is 3.20. The second-order valence-corrected chi connectivity index (χ2v) is 5.42. The molecule has 0 saturated carbocycles. The number of hydrogen-bond donors (Lipinski definition) is 4. The molecule has 2 atom stereocenters.